The van der Waals surface area contributed by atoms with Crippen molar-refractivity contribution in [2.45, 2.75) is 223 Å². The maximum Gasteiger partial charge on any atom is 0.472 e. The van der Waals surface area contributed by atoms with E-state index < -0.39 is 13.9 Å². The van der Waals surface area contributed by atoms with Gasteiger partial charge in [0.15, 0.2) is 0 Å². The van der Waals surface area contributed by atoms with E-state index in [1.165, 1.54) is 135 Å². The fourth-order valence-corrected chi connectivity index (χ4v) is 9.79. The van der Waals surface area contributed by atoms with Crippen LogP contribution in [0.1, 0.15) is 217 Å². The van der Waals surface area contributed by atoms with Gasteiger partial charge in [0.1, 0.15) is 19.3 Å². The van der Waals surface area contributed by atoms with Crippen LogP contribution in [0, 0.1) is 47.3 Å². The average Bonchev–Trinajstić information content (AvgIpc) is 3.15. The molecule has 0 bridgehead atoms. The molecule has 1 heterocycles. The molecule has 1 saturated heterocycles. The molecule has 0 spiro atoms. The van der Waals surface area contributed by atoms with Crippen LogP contribution in [0.2, 0.25) is 0 Å². The van der Waals surface area contributed by atoms with Gasteiger partial charge in [0, 0.05) is 13.2 Å². The number of phosphoric acid groups is 1. The summed E-state index contributed by atoms with van der Waals surface area (Å²) < 4.78 is 37.2. The first kappa shape index (κ1) is 60.0. The van der Waals surface area contributed by atoms with Crippen molar-refractivity contribution in [3.63, 3.8) is 0 Å². The third-order valence-electron chi connectivity index (χ3n) is 13.8. The normalized spacial score (nSPS) is 19.0. The summed E-state index contributed by atoms with van der Waals surface area (Å²) in [7, 11) is -1.97. The van der Waals surface area contributed by atoms with E-state index in [0.29, 0.717) is 31.7 Å². The van der Waals surface area contributed by atoms with E-state index in [4.69, 9.17) is 18.5 Å². The van der Waals surface area contributed by atoms with Gasteiger partial charge >= 0.3 is 7.82 Å². The first-order chi connectivity index (χ1) is 28.0. The molecule has 0 aromatic rings. The molecule has 60 heavy (non-hydrogen) atoms. The van der Waals surface area contributed by atoms with Crippen molar-refractivity contribution in [1.29, 1.82) is 0 Å². The van der Waals surface area contributed by atoms with Crippen molar-refractivity contribution in [3.8, 4) is 0 Å². The molecule has 1 rings (SSSR count). The summed E-state index contributed by atoms with van der Waals surface area (Å²) in [6.07, 6.45) is 29.3. The number of hydrogen-bond donors (Lipinski definition) is 1. The number of hydrogen-bond acceptors (Lipinski definition) is 6. The number of nitrogens with zero attached hydrogens (tertiary/aromatic N) is 1. The molecular weight excluding hydrogens is 770 g/mol. The largest absolute Gasteiger partial charge is 0.870 e. The van der Waals surface area contributed by atoms with Crippen molar-refractivity contribution in [2.24, 2.45) is 47.3 Å². The summed E-state index contributed by atoms with van der Waals surface area (Å²) >= 11 is 0. The van der Waals surface area contributed by atoms with Gasteiger partial charge in [-0.1, -0.05) is 185 Å². The number of rotatable bonds is 40. The highest BCUT2D eigenvalue weighted by molar-refractivity contribution is 7.47. The monoisotopic (exact) mass is 876 g/mol. The van der Waals surface area contributed by atoms with Gasteiger partial charge in [-0.05, 0) is 79.4 Å². The van der Waals surface area contributed by atoms with Gasteiger partial charge in [-0.25, -0.2) is 4.57 Å². The second-order valence-electron chi connectivity index (χ2n) is 21.6. The smallest absolute Gasteiger partial charge is 0.472 e. The van der Waals surface area contributed by atoms with Crippen molar-refractivity contribution >= 4 is 7.82 Å². The Kier molecular flexibility index (Phi) is 36.2. The Morgan fingerprint density at radius 3 is 1.25 bits per heavy atom. The Morgan fingerprint density at radius 1 is 0.483 bits per heavy atom. The second kappa shape index (κ2) is 36.2. The summed E-state index contributed by atoms with van der Waals surface area (Å²) in [5.74, 6) is 6.16. The minimum absolute atomic E-state index is 0. The Balaban J connectivity index is 0.0000348. The Morgan fingerprint density at radius 2 is 0.850 bits per heavy atom. The number of likely N-dealkylation sites (tertiary alicyclic amines) is 1. The summed E-state index contributed by atoms with van der Waals surface area (Å²) in [6, 6.07) is 0. The highest BCUT2D eigenvalue weighted by atomic mass is 31.2. The Bertz CT molecular complexity index is 1010. The second-order valence-corrected chi connectivity index (χ2v) is 23.1. The van der Waals surface area contributed by atoms with Crippen molar-refractivity contribution in [2.75, 3.05) is 59.7 Å². The number of ether oxygens (including phenoxy) is 2. The molecule has 1 aliphatic heterocycles. The molecule has 1 fully saturated rings. The van der Waals surface area contributed by atoms with E-state index in [9.17, 15) is 9.46 Å². The molecule has 0 aromatic heterocycles. The zero-order chi connectivity index (χ0) is 43.9. The van der Waals surface area contributed by atoms with E-state index in [0.717, 1.165) is 72.5 Å². The van der Waals surface area contributed by atoms with Gasteiger partial charge < -0.3 is 24.3 Å². The van der Waals surface area contributed by atoms with Gasteiger partial charge in [0.25, 0.3) is 0 Å². The van der Waals surface area contributed by atoms with E-state index in [2.05, 4.69) is 76.3 Å². The Labute approximate surface area is 374 Å². The summed E-state index contributed by atoms with van der Waals surface area (Å²) in [5, 5.41) is 0. The number of phosphoric ester groups is 1. The highest BCUT2D eigenvalue weighted by Crippen LogP contribution is 2.43. The van der Waals surface area contributed by atoms with Crippen LogP contribution in [0.4, 0.5) is 0 Å². The molecular formula is C51H106NO7P. The lowest BCUT2D eigenvalue weighted by atomic mass is 9.91. The third-order valence-corrected chi connectivity index (χ3v) is 14.7. The third kappa shape index (κ3) is 35.3. The quantitative estimate of drug-likeness (QED) is 0.0371. The minimum Gasteiger partial charge on any atom is -0.870 e. The first-order valence-corrected chi connectivity index (χ1v) is 27.1. The van der Waals surface area contributed by atoms with Crippen LogP contribution in [0.5, 0.6) is 0 Å². The zero-order valence-electron chi connectivity index (χ0n) is 41.9. The molecule has 0 saturated carbocycles. The molecule has 0 radical (unpaired) electrons. The summed E-state index contributed by atoms with van der Waals surface area (Å²) in [5.41, 5.74) is 0. The van der Waals surface area contributed by atoms with Gasteiger partial charge in [-0.15, -0.1) is 0 Å². The molecule has 0 aromatic carbocycles. The van der Waals surface area contributed by atoms with Crippen molar-refractivity contribution < 1.29 is 37.9 Å². The van der Waals surface area contributed by atoms with Gasteiger partial charge in [0.05, 0.1) is 33.4 Å². The van der Waals surface area contributed by atoms with Crippen molar-refractivity contribution in [3.05, 3.63) is 0 Å². The zero-order valence-corrected chi connectivity index (χ0v) is 42.8. The lowest BCUT2D eigenvalue weighted by Gasteiger charge is -2.37. The maximum atomic E-state index is 12.9. The van der Waals surface area contributed by atoms with Gasteiger partial charge in [-0.2, -0.15) is 0 Å². The molecule has 8 atom stereocenters. The Hall–Kier alpha value is -0.0500. The highest BCUT2D eigenvalue weighted by Gasteiger charge is 2.29. The van der Waals surface area contributed by atoms with Crippen LogP contribution < -0.4 is 0 Å². The van der Waals surface area contributed by atoms with Crippen LogP contribution in [0.15, 0.2) is 0 Å². The lowest BCUT2D eigenvalue weighted by molar-refractivity contribution is -0.914. The molecule has 0 amide bonds. The number of quaternary nitrogens is 1. The summed E-state index contributed by atoms with van der Waals surface area (Å²) in [4.78, 5) is 10.6. The fourth-order valence-electron chi connectivity index (χ4n) is 9.04. The maximum absolute atomic E-state index is 12.9. The molecule has 8 nitrogen and oxygen atoms in total. The number of piperidine rings is 1. The van der Waals surface area contributed by atoms with Gasteiger partial charge in [-0.3, -0.25) is 9.05 Å². The van der Waals surface area contributed by atoms with Crippen LogP contribution >= 0.6 is 7.82 Å². The first-order valence-electron chi connectivity index (χ1n) is 25.6. The predicted molar refractivity (Wildman–Crippen MR) is 256 cm³/mol. The molecule has 2 N–H and O–H groups in total. The van der Waals surface area contributed by atoms with Crippen LogP contribution in [-0.4, -0.2) is 80.7 Å². The molecule has 1 aliphatic rings. The predicted octanol–water partition coefficient (Wildman–Crippen LogP) is 14.9. The number of likely N-dealkylation sites (N-methyl/N-ethyl adjacent to an activating group) is 1. The van der Waals surface area contributed by atoms with E-state index in [1.807, 2.05) is 0 Å². The fraction of sp³-hybridized carbons (Fsp3) is 1.00. The van der Waals surface area contributed by atoms with E-state index in [-0.39, 0.29) is 18.7 Å². The standard InChI is InChI=1S/C51H104NO6P.H2O/c1-43(2)21-15-23-45(5)25-17-27-47(7)29-19-31-49(9)33-38-55-41-51(42-58-59(53,54)57-40-37-52(11)35-13-12-14-36-52)56-39-34-50(10)32-20-30-48(8)28-18-26-46(6)24-16-22-44(3)4;/h43-51H,12-42H2,1-11H3;1H2. The van der Waals surface area contributed by atoms with Crippen LogP contribution in [0.25, 0.3) is 0 Å². The lowest BCUT2D eigenvalue weighted by Crippen LogP contribution is -2.49. The molecule has 8 unspecified atom stereocenters. The van der Waals surface area contributed by atoms with Crippen LogP contribution in [-0.2, 0) is 23.1 Å². The average molecular weight is 876 g/mol. The van der Waals surface area contributed by atoms with Gasteiger partial charge in [0.2, 0.25) is 0 Å². The molecule has 9 heteroatoms. The topological polar surface area (TPSA) is 104 Å². The molecule has 0 aliphatic carbocycles. The molecule has 362 valence electrons. The SMILES string of the molecule is CC(C)CCCC(C)CCCC(C)CCCC(C)CCOCC(COP(=O)(O)OCC[N+]1(C)CCCCC1)OCCC(C)CCCC(C)CCCC(C)CCCC(C)C.[OH-]. The van der Waals surface area contributed by atoms with E-state index >= 15 is 0 Å². The summed E-state index contributed by atoms with van der Waals surface area (Å²) in [6.45, 7) is 28.5. The van der Waals surface area contributed by atoms with E-state index in [1.54, 1.807) is 0 Å². The minimum atomic E-state index is -4.18. The van der Waals surface area contributed by atoms with Crippen molar-refractivity contribution in [1.82, 2.24) is 0 Å². The van der Waals surface area contributed by atoms with Crippen LogP contribution in [0.3, 0.4) is 0 Å².